The second kappa shape index (κ2) is 7.06. The van der Waals surface area contributed by atoms with E-state index in [1.807, 2.05) is 0 Å². The fourth-order valence-corrected chi connectivity index (χ4v) is 3.06. The molecule has 0 heterocycles. The molecule has 0 spiro atoms. The predicted molar refractivity (Wildman–Crippen MR) is 93.4 cm³/mol. The standard InChI is InChI=1S/C20H18F3NO3/c1-11(19(26)27)12-4-3-7-15(9-12)24-18(25)17-10-16(17)13-5-2-6-14(8-13)20(21,22)23/h2-9,11,16-17H,10H2,1H3,(H,24,25)(H,26,27). The van der Waals surface area contributed by atoms with Crippen LogP contribution in [0, 0.1) is 5.92 Å². The maximum absolute atomic E-state index is 12.8. The van der Waals surface area contributed by atoms with Gasteiger partial charge in [0.2, 0.25) is 5.91 Å². The maximum Gasteiger partial charge on any atom is 0.416 e. The van der Waals surface area contributed by atoms with Gasteiger partial charge in [-0.3, -0.25) is 9.59 Å². The van der Waals surface area contributed by atoms with Crippen LogP contribution in [0.15, 0.2) is 48.5 Å². The molecule has 4 nitrogen and oxygen atoms in total. The molecule has 1 aliphatic carbocycles. The Morgan fingerprint density at radius 3 is 2.52 bits per heavy atom. The maximum atomic E-state index is 12.8. The van der Waals surface area contributed by atoms with E-state index in [4.69, 9.17) is 5.11 Å². The van der Waals surface area contributed by atoms with Crippen molar-refractivity contribution in [2.45, 2.75) is 31.4 Å². The van der Waals surface area contributed by atoms with E-state index in [1.165, 1.54) is 6.07 Å². The van der Waals surface area contributed by atoms with Gasteiger partial charge in [0.1, 0.15) is 0 Å². The molecule has 1 saturated carbocycles. The number of benzene rings is 2. The minimum absolute atomic E-state index is 0.242. The molecule has 0 aromatic heterocycles. The Bertz CT molecular complexity index is 879. The Kier molecular flexibility index (Phi) is 4.95. The minimum Gasteiger partial charge on any atom is -0.481 e. The molecule has 1 amide bonds. The predicted octanol–water partition coefficient (Wildman–Crippen LogP) is 4.64. The molecule has 3 atom stereocenters. The summed E-state index contributed by atoms with van der Waals surface area (Å²) >= 11 is 0. The minimum atomic E-state index is -4.41. The van der Waals surface area contributed by atoms with Gasteiger partial charge in [-0.1, -0.05) is 30.3 Å². The normalized spacial score (nSPS) is 20.0. The van der Waals surface area contributed by atoms with E-state index in [2.05, 4.69) is 5.32 Å². The molecule has 142 valence electrons. The number of amides is 1. The van der Waals surface area contributed by atoms with Gasteiger partial charge in [-0.2, -0.15) is 13.2 Å². The molecular formula is C20H18F3NO3. The summed E-state index contributed by atoms with van der Waals surface area (Å²) in [5.41, 5.74) is 0.811. The van der Waals surface area contributed by atoms with Crippen LogP contribution in [0.25, 0.3) is 0 Å². The SMILES string of the molecule is CC(C(=O)O)c1cccc(NC(=O)C2CC2c2cccc(C(F)(F)F)c2)c1. The molecule has 1 fully saturated rings. The first-order valence-corrected chi connectivity index (χ1v) is 8.47. The van der Waals surface area contributed by atoms with Crippen LogP contribution in [0.1, 0.15) is 41.9 Å². The molecule has 2 aromatic rings. The van der Waals surface area contributed by atoms with E-state index in [9.17, 15) is 22.8 Å². The highest BCUT2D eigenvalue weighted by molar-refractivity contribution is 5.95. The molecule has 7 heteroatoms. The molecule has 2 aromatic carbocycles. The summed E-state index contributed by atoms with van der Waals surface area (Å²) in [6, 6.07) is 11.6. The van der Waals surface area contributed by atoms with Gasteiger partial charge in [-0.15, -0.1) is 0 Å². The molecule has 0 radical (unpaired) electrons. The summed E-state index contributed by atoms with van der Waals surface area (Å²) in [6.45, 7) is 1.55. The smallest absolute Gasteiger partial charge is 0.416 e. The zero-order valence-corrected chi connectivity index (χ0v) is 14.5. The van der Waals surface area contributed by atoms with Crippen molar-refractivity contribution >= 4 is 17.6 Å². The number of carbonyl (C=O) groups is 2. The van der Waals surface area contributed by atoms with Crippen LogP contribution in [0.4, 0.5) is 18.9 Å². The first-order chi connectivity index (χ1) is 12.7. The molecule has 0 aliphatic heterocycles. The molecule has 0 bridgehead atoms. The molecule has 3 rings (SSSR count). The molecule has 27 heavy (non-hydrogen) atoms. The number of hydrogen-bond donors (Lipinski definition) is 2. The third-order valence-electron chi connectivity index (χ3n) is 4.79. The van der Waals surface area contributed by atoms with Gasteiger partial charge in [0.15, 0.2) is 0 Å². The molecule has 2 N–H and O–H groups in total. The lowest BCUT2D eigenvalue weighted by Crippen LogP contribution is -2.15. The van der Waals surface area contributed by atoms with Gasteiger partial charge in [-0.05, 0) is 48.6 Å². The molecule has 3 unspecified atom stereocenters. The van der Waals surface area contributed by atoms with Crippen LogP contribution >= 0.6 is 0 Å². The second-order valence-corrected chi connectivity index (χ2v) is 6.75. The number of halogens is 3. The fourth-order valence-electron chi connectivity index (χ4n) is 3.06. The van der Waals surface area contributed by atoms with Gasteiger partial charge in [0, 0.05) is 11.6 Å². The average molecular weight is 377 g/mol. The largest absolute Gasteiger partial charge is 0.481 e. The van der Waals surface area contributed by atoms with Crippen molar-refractivity contribution in [1.82, 2.24) is 0 Å². The summed E-state index contributed by atoms with van der Waals surface area (Å²) < 4.78 is 38.5. The number of aliphatic carboxylic acids is 1. The van der Waals surface area contributed by atoms with Gasteiger partial charge in [-0.25, -0.2) is 0 Å². The topological polar surface area (TPSA) is 66.4 Å². The zero-order valence-electron chi connectivity index (χ0n) is 14.5. The van der Waals surface area contributed by atoms with Crippen LogP contribution in [-0.4, -0.2) is 17.0 Å². The monoisotopic (exact) mass is 377 g/mol. The lowest BCUT2D eigenvalue weighted by molar-refractivity contribution is -0.138. The van der Waals surface area contributed by atoms with Crippen molar-refractivity contribution in [2.75, 3.05) is 5.32 Å². The number of rotatable bonds is 5. The Labute approximate surface area is 154 Å². The van der Waals surface area contributed by atoms with Crippen LogP contribution in [-0.2, 0) is 15.8 Å². The van der Waals surface area contributed by atoms with Crippen LogP contribution in [0.2, 0.25) is 0 Å². The Hall–Kier alpha value is -2.83. The number of carboxylic acid groups (broad SMARTS) is 1. The third-order valence-corrected chi connectivity index (χ3v) is 4.79. The number of alkyl halides is 3. The highest BCUT2D eigenvalue weighted by Gasteiger charge is 2.44. The van der Waals surface area contributed by atoms with E-state index in [1.54, 1.807) is 37.3 Å². The quantitative estimate of drug-likeness (QED) is 0.798. The van der Waals surface area contributed by atoms with Crippen molar-refractivity contribution < 1.29 is 27.9 Å². The Balaban J connectivity index is 1.68. The molecular weight excluding hydrogens is 359 g/mol. The van der Waals surface area contributed by atoms with Crippen molar-refractivity contribution in [2.24, 2.45) is 5.92 Å². The lowest BCUT2D eigenvalue weighted by Gasteiger charge is -2.11. The summed E-state index contributed by atoms with van der Waals surface area (Å²) in [6.07, 6.45) is -3.93. The average Bonchev–Trinajstić information content (AvgIpc) is 3.41. The number of carbonyl (C=O) groups excluding carboxylic acids is 1. The van der Waals surface area contributed by atoms with E-state index in [0.29, 0.717) is 23.2 Å². The highest BCUT2D eigenvalue weighted by atomic mass is 19.4. The third kappa shape index (κ3) is 4.30. The number of carboxylic acids is 1. The highest BCUT2D eigenvalue weighted by Crippen LogP contribution is 2.48. The van der Waals surface area contributed by atoms with Crippen LogP contribution < -0.4 is 5.32 Å². The molecule has 0 saturated heterocycles. The lowest BCUT2D eigenvalue weighted by atomic mass is 10.0. The van der Waals surface area contributed by atoms with Gasteiger partial charge in [0.05, 0.1) is 11.5 Å². The van der Waals surface area contributed by atoms with Crippen molar-refractivity contribution in [1.29, 1.82) is 0 Å². The molecule has 1 aliphatic rings. The van der Waals surface area contributed by atoms with Gasteiger partial charge < -0.3 is 10.4 Å². The Morgan fingerprint density at radius 2 is 1.85 bits per heavy atom. The van der Waals surface area contributed by atoms with E-state index >= 15 is 0 Å². The van der Waals surface area contributed by atoms with E-state index in [0.717, 1.165) is 12.1 Å². The number of hydrogen-bond acceptors (Lipinski definition) is 2. The van der Waals surface area contributed by atoms with Gasteiger partial charge in [0.25, 0.3) is 0 Å². The van der Waals surface area contributed by atoms with Crippen molar-refractivity contribution in [3.63, 3.8) is 0 Å². The number of anilines is 1. The summed E-state index contributed by atoms with van der Waals surface area (Å²) in [5, 5.41) is 11.8. The van der Waals surface area contributed by atoms with E-state index in [-0.39, 0.29) is 11.8 Å². The summed E-state index contributed by atoms with van der Waals surface area (Å²) in [5.74, 6) is -2.59. The second-order valence-electron chi connectivity index (χ2n) is 6.75. The van der Waals surface area contributed by atoms with Crippen molar-refractivity contribution in [3.05, 3.63) is 65.2 Å². The Morgan fingerprint density at radius 1 is 1.15 bits per heavy atom. The van der Waals surface area contributed by atoms with Crippen LogP contribution in [0.3, 0.4) is 0 Å². The first-order valence-electron chi connectivity index (χ1n) is 8.47. The van der Waals surface area contributed by atoms with Crippen LogP contribution in [0.5, 0.6) is 0 Å². The first kappa shape index (κ1) is 18.9. The zero-order chi connectivity index (χ0) is 19.8. The van der Waals surface area contributed by atoms with Crippen molar-refractivity contribution in [3.8, 4) is 0 Å². The number of nitrogens with one attached hydrogen (secondary N) is 1. The fraction of sp³-hybridized carbons (Fsp3) is 0.300. The summed E-state index contributed by atoms with van der Waals surface area (Å²) in [7, 11) is 0. The van der Waals surface area contributed by atoms with Gasteiger partial charge >= 0.3 is 12.1 Å². The van der Waals surface area contributed by atoms with E-state index < -0.39 is 29.5 Å². The summed E-state index contributed by atoms with van der Waals surface area (Å²) in [4.78, 5) is 23.5.